The minimum Gasteiger partial charge on any atom is -0.340 e. The van der Waals surface area contributed by atoms with E-state index in [1.54, 1.807) is 0 Å². The van der Waals surface area contributed by atoms with Crippen molar-refractivity contribution in [2.75, 3.05) is 0 Å². The standard InChI is InChI=1S/C128H133N7/c1-78(2)70-127(71-79(3)4)113-66-97(93-46-56-121-109(62-93)105-28-18-20-30-117(105)132(121)74-82(9)10)42-50-101(113)103-52-44-99(68-115(103)127)95-48-58-123-111(64-95)107-60-89(36-54-119(107)134(123)76-84(13)14)26-22-24-87-32-38-91(39-33-87)125-129-86(17)130-126(131-125)92-40-34-88(35-41-92)25-23-27-90-37-55-120-108(61-90)112-65-96(49-59-124(112)135(120)77-85(15)16)100-45-53-104-102-51-43-98(67-114(102)128(72-80(5)6,73-81(7)8)116(104)69-100)94-47-57-122-110(63-94)106-29-19-21-31-118(106)133(122)75-83(11)12/h18-21,28-69,78-85H,22-27,70-77H2,1-17H3. The molecule has 0 fully saturated rings. The largest absolute Gasteiger partial charge is 0.340 e. The second kappa shape index (κ2) is 35.8. The van der Waals surface area contributed by atoms with Gasteiger partial charge in [0.2, 0.25) is 0 Å². The Morgan fingerprint density at radius 2 is 0.444 bits per heavy atom. The van der Waals surface area contributed by atoms with E-state index in [0.717, 1.165) is 102 Å². The van der Waals surface area contributed by atoms with Crippen LogP contribution in [0.4, 0.5) is 0 Å². The molecule has 2 aliphatic rings. The van der Waals surface area contributed by atoms with Crippen molar-refractivity contribution in [1.82, 2.24) is 33.2 Å². The first-order valence-corrected chi connectivity index (χ1v) is 50.9. The molecule has 680 valence electrons. The van der Waals surface area contributed by atoms with Crippen LogP contribution in [-0.4, -0.2) is 33.2 Å². The lowest BCUT2D eigenvalue weighted by Gasteiger charge is -2.36. The molecule has 0 saturated carbocycles. The van der Waals surface area contributed by atoms with Crippen LogP contribution in [0.1, 0.15) is 200 Å². The van der Waals surface area contributed by atoms with Gasteiger partial charge in [0.25, 0.3) is 0 Å². The second-order valence-corrected chi connectivity index (χ2v) is 43.9. The predicted molar refractivity (Wildman–Crippen MR) is 576 cm³/mol. The van der Waals surface area contributed by atoms with Gasteiger partial charge in [-0.25, -0.2) is 15.0 Å². The summed E-state index contributed by atoms with van der Waals surface area (Å²) in [7, 11) is 0. The minimum absolute atomic E-state index is 0.129. The summed E-state index contributed by atoms with van der Waals surface area (Å²) in [5.74, 6) is 6.24. The second-order valence-electron chi connectivity index (χ2n) is 43.9. The highest BCUT2D eigenvalue weighted by Crippen LogP contribution is 2.59. The smallest absolute Gasteiger partial charge is 0.163 e. The van der Waals surface area contributed by atoms with Gasteiger partial charge in [-0.2, -0.15) is 0 Å². The summed E-state index contributed by atoms with van der Waals surface area (Å²) in [6.45, 7) is 44.0. The minimum atomic E-state index is -0.129. The van der Waals surface area contributed by atoms with Crippen molar-refractivity contribution in [3.05, 3.63) is 329 Å². The molecular weight excluding hydrogens is 1640 g/mol. The molecule has 21 rings (SSSR count). The highest BCUT2D eigenvalue weighted by Gasteiger charge is 2.46. The van der Waals surface area contributed by atoms with Crippen molar-refractivity contribution in [3.63, 3.8) is 0 Å². The topological polar surface area (TPSA) is 58.4 Å². The van der Waals surface area contributed by atoms with E-state index in [1.807, 2.05) is 6.92 Å². The van der Waals surface area contributed by atoms with E-state index < -0.39 is 0 Å². The van der Waals surface area contributed by atoms with Crippen molar-refractivity contribution in [3.8, 4) is 89.5 Å². The first-order valence-electron chi connectivity index (χ1n) is 50.9. The fourth-order valence-corrected chi connectivity index (χ4v) is 24.6. The van der Waals surface area contributed by atoms with E-state index in [9.17, 15) is 0 Å². The molecule has 5 aromatic heterocycles. The lowest BCUT2D eigenvalue weighted by atomic mass is 9.67. The Bertz CT molecular complexity index is 7290. The summed E-state index contributed by atoms with van der Waals surface area (Å²) in [4.78, 5) is 15.0. The lowest BCUT2D eigenvalue weighted by molar-refractivity contribution is 0.337. The maximum Gasteiger partial charge on any atom is 0.163 e. The van der Waals surface area contributed by atoms with Crippen LogP contribution in [0.15, 0.2) is 279 Å². The molecule has 19 aromatic rings. The number of aryl methyl sites for hydroxylation is 5. The molecule has 135 heavy (non-hydrogen) atoms. The molecule has 2 aliphatic carbocycles. The van der Waals surface area contributed by atoms with Gasteiger partial charge >= 0.3 is 0 Å². The van der Waals surface area contributed by atoms with Gasteiger partial charge in [-0.3, -0.25) is 0 Å². The number of hydrogen-bond acceptors (Lipinski definition) is 3. The van der Waals surface area contributed by atoms with Gasteiger partial charge in [-0.1, -0.05) is 281 Å². The van der Waals surface area contributed by atoms with E-state index in [4.69, 9.17) is 15.0 Å². The van der Waals surface area contributed by atoms with Crippen molar-refractivity contribution < 1.29 is 0 Å². The highest BCUT2D eigenvalue weighted by molar-refractivity contribution is 6.13. The van der Waals surface area contributed by atoms with Crippen molar-refractivity contribution in [2.24, 2.45) is 47.3 Å². The number of benzene rings is 14. The molecule has 0 saturated heterocycles. The zero-order chi connectivity index (χ0) is 93.1. The SMILES string of the molecule is Cc1nc(-c2ccc(CCCc3ccc4c(c3)c3cc(-c5ccc6c(c5)C(CC(C)C)(CC(C)C)c5cc(-c7ccc8c(c7)c7ccccc7n8CC(C)C)ccc5-6)ccc3n4CC(C)C)cc2)nc(-c2ccc(CCCc3ccc4c(c3)c3cc(-c5ccc6c(c5)C(CC(C)C)(CC(C)C)c5cc(-c7ccc8c(c7)c7ccccc7n8CC(C)C)ccc5-6)ccc3n4CC(C)C)cc2)n1. The number of nitrogens with zero attached hydrogens (tertiary/aromatic N) is 7. The Labute approximate surface area is 800 Å². The quantitative estimate of drug-likeness (QED) is 0.0451. The van der Waals surface area contributed by atoms with Gasteiger partial charge in [0, 0.05) is 135 Å². The number of fused-ring (bicyclic) bond motifs is 18. The van der Waals surface area contributed by atoms with Crippen LogP contribution in [0.25, 0.3) is 177 Å². The Morgan fingerprint density at radius 3 is 0.733 bits per heavy atom. The fraction of sp³-hybridized carbons (Fsp3) is 0.320. The van der Waals surface area contributed by atoms with E-state index >= 15 is 0 Å². The first-order chi connectivity index (χ1) is 65.3. The molecule has 0 amide bonds. The molecule has 0 N–H and O–H groups in total. The summed E-state index contributed by atoms with van der Waals surface area (Å²) < 4.78 is 10.2. The maximum absolute atomic E-state index is 5.13. The molecule has 0 atom stereocenters. The highest BCUT2D eigenvalue weighted by atomic mass is 15.0. The normalized spacial score (nSPS) is 13.5. The molecule has 0 radical (unpaired) electrons. The van der Waals surface area contributed by atoms with Crippen LogP contribution in [-0.2, 0) is 62.7 Å². The number of hydrogen-bond donors (Lipinski definition) is 0. The number of rotatable bonds is 30. The summed E-state index contributed by atoms with van der Waals surface area (Å²) >= 11 is 0. The monoisotopic (exact) mass is 1770 g/mol. The Balaban J connectivity index is 0.491. The molecule has 14 aromatic carbocycles. The van der Waals surface area contributed by atoms with Gasteiger partial charge in [0.05, 0.1) is 0 Å². The maximum atomic E-state index is 5.13. The average Bonchev–Trinajstić information content (AvgIpc) is 1.53. The van der Waals surface area contributed by atoms with Crippen molar-refractivity contribution in [1.29, 1.82) is 0 Å². The molecule has 5 heterocycles. The van der Waals surface area contributed by atoms with Crippen LogP contribution in [0, 0.1) is 54.3 Å². The zero-order valence-corrected chi connectivity index (χ0v) is 82.7. The third-order valence-corrected chi connectivity index (χ3v) is 29.7. The van der Waals surface area contributed by atoms with Crippen LogP contribution in [0.2, 0.25) is 0 Å². The fourth-order valence-electron chi connectivity index (χ4n) is 24.6. The zero-order valence-electron chi connectivity index (χ0n) is 82.7. The molecule has 0 bridgehead atoms. The predicted octanol–water partition coefficient (Wildman–Crippen LogP) is 34.3. The third kappa shape index (κ3) is 16.5. The van der Waals surface area contributed by atoms with Gasteiger partial charge in [-0.15, -0.1) is 0 Å². The van der Waals surface area contributed by atoms with Crippen LogP contribution in [0.5, 0.6) is 0 Å². The Morgan fingerprint density at radius 1 is 0.215 bits per heavy atom. The van der Waals surface area contributed by atoms with E-state index in [2.05, 4.69) is 408 Å². The van der Waals surface area contributed by atoms with E-state index in [0.29, 0.717) is 64.8 Å². The molecular formula is C128H133N7. The van der Waals surface area contributed by atoms with Gasteiger partial charge < -0.3 is 18.3 Å². The first kappa shape index (κ1) is 88.9. The molecule has 0 spiro atoms. The van der Waals surface area contributed by atoms with Gasteiger partial charge in [0.15, 0.2) is 11.6 Å². The van der Waals surface area contributed by atoms with E-state index in [-0.39, 0.29) is 10.8 Å². The van der Waals surface area contributed by atoms with Crippen LogP contribution >= 0.6 is 0 Å². The van der Waals surface area contributed by atoms with Crippen LogP contribution < -0.4 is 0 Å². The van der Waals surface area contributed by atoms with E-state index in [1.165, 1.54) is 198 Å². The number of aromatic nitrogens is 7. The van der Waals surface area contributed by atoms with Gasteiger partial charge in [0.1, 0.15) is 5.82 Å². The average molecular weight is 1770 g/mol. The summed E-state index contributed by atoms with van der Waals surface area (Å²) in [6.07, 6.45) is 10.4. The van der Waals surface area contributed by atoms with Crippen molar-refractivity contribution in [2.45, 2.75) is 219 Å². The Hall–Kier alpha value is -12.7. The summed E-state index contributed by atoms with van der Waals surface area (Å²) in [5, 5.41) is 10.7. The third-order valence-electron chi connectivity index (χ3n) is 29.7. The number of para-hydroxylation sites is 2. The Kier molecular flexibility index (Phi) is 23.6. The molecule has 7 nitrogen and oxygen atoms in total. The molecule has 7 heteroatoms. The summed E-state index contributed by atoms with van der Waals surface area (Å²) in [5.41, 5.74) is 39.5. The lowest BCUT2D eigenvalue weighted by Crippen LogP contribution is -2.29. The van der Waals surface area contributed by atoms with Crippen LogP contribution in [0.3, 0.4) is 0 Å². The molecule has 0 aliphatic heterocycles. The van der Waals surface area contributed by atoms with Crippen molar-refractivity contribution >= 4 is 87.2 Å². The summed E-state index contributed by atoms with van der Waals surface area (Å²) in [6, 6.07) is 109. The van der Waals surface area contributed by atoms with Gasteiger partial charge in [-0.05, 0) is 339 Å². The molecule has 0 unspecified atom stereocenters.